The second-order valence-corrected chi connectivity index (χ2v) is 4.12. The fraction of sp³-hybridized carbons (Fsp3) is 0.143. The van der Waals surface area contributed by atoms with Crippen LogP contribution in [0.5, 0.6) is 0 Å². The van der Waals surface area contributed by atoms with Crippen LogP contribution in [0.25, 0.3) is 22.4 Å². The lowest BCUT2D eigenvalue weighted by molar-refractivity contribution is 0.626. The minimum absolute atomic E-state index is 0.588. The van der Waals surface area contributed by atoms with E-state index in [9.17, 15) is 0 Å². The lowest BCUT2D eigenvalue weighted by Crippen LogP contribution is -1.95. The normalized spacial score (nSPS) is 10.8. The van der Waals surface area contributed by atoms with Gasteiger partial charge in [-0.1, -0.05) is 18.2 Å². The van der Waals surface area contributed by atoms with E-state index in [0.29, 0.717) is 5.95 Å². The Labute approximate surface area is 105 Å². The molecule has 4 heteroatoms. The Morgan fingerprint density at radius 1 is 1.22 bits per heavy atom. The maximum atomic E-state index is 5.87. The van der Waals surface area contributed by atoms with Crippen LogP contribution in [0.1, 0.15) is 5.56 Å². The molecule has 0 aliphatic carbocycles. The molecule has 0 amide bonds. The third kappa shape index (κ3) is 1.72. The fourth-order valence-electron chi connectivity index (χ4n) is 1.95. The first kappa shape index (κ1) is 10.8. The number of nitrogens with zero attached hydrogens (tertiary/aromatic N) is 2. The number of fused-ring (bicyclic) bond motifs is 1. The van der Waals surface area contributed by atoms with Crippen molar-refractivity contribution in [2.45, 2.75) is 6.92 Å². The molecule has 2 aromatic heterocycles. The third-order valence-corrected chi connectivity index (χ3v) is 2.87. The second-order valence-electron chi connectivity index (χ2n) is 4.12. The van der Waals surface area contributed by atoms with Crippen molar-refractivity contribution in [1.29, 1.82) is 0 Å². The molecule has 0 saturated carbocycles. The number of anilines is 1. The molecule has 0 aliphatic rings. The van der Waals surface area contributed by atoms with Gasteiger partial charge in [0.25, 0.3) is 0 Å². The summed E-state index contributed by atoms with van der Waals surface area (Å²) >= 11 is 0. The van der Waals surface area contributed by atoms with Crippen LogP contribution in [0.3, 0.4) is 0 Å². The smallest absolute Gasteiger partial charge is 0.223 e. The van der Waals surface area contributed by atoms with E-state index in [0.717, 1.165) is 28.0 Å². The van der Waals surface area contributed by atoms with Gasteiger partial charge in [0.2, 0.25) is 5.95 Å². The van der Waals surface area contributed by atoms with Crippen molar-refractivity contribution < 1.29 is 4.42 Å². The number of benzene rings is 1. The number of furan rings is 1. The number of rotatable bonds is 2. The zero-order valence-corrected chi connectivity index (χ0v) is 10.3. The Balaban J connectivity index is 2.16. The molecule has 0 fully saturated rings. The summed E-state index contributed by atoms with van der Waals surface area (Å²) in [4.78, 5) is 8.46. The number of nitrogens with one attached hydrogen (secondary N) is 1. The van der Waals surface area contributed by atoms with E-state index in [2.05, 4.69) is 15.3 Å². The van der Waals surface area contributed by atoms with Crippen molar-refractivity contribution >= 4 is 16.9 Å². The average molecular weight is 239 g/mol. The van der Waals surface area contributed by atoms with Gasteiger partial charge in [0.05, 0.1) is 0 Å². The van der Waals surface area contributed by atoms with Crippen LogP contribution in [0.15, 0.2) is 40.9 Å². The van der Waals surface area contributed by atoms with Crippen molar-refractivity contribution in [2.24, 2.45) is 0 Å². The van der Waals surface area contributed by atoms with Crippen LogP contribution in [0.4, 0.5) is 5.95 Å². The second kappa shape index (κ2) is 4.14. The van der Waals surface area contributed by atoms with Gasteiger partial charge >= 0.3 is 0 Å². The largest absolute Gasteiger partial charge is 0.454 e. The van der Waals surface area contributed by atoms with Crippen molar-refractivity contribution in [2.75, 3.05) is 12.4 Å². The van der Waals surface area contributed by atoms with Gasteiger partial charge in [0.15, 0.2) is 5.76 Å². The summed E-state index contributed by atoms with van der Waals surface area (Å²) in [5, 5.41) is 4.01. The third-order valence-electron chi connectivity index (χ3n) is 2.87. The Morgan fingerprint density at radius 2 is 2.11 bits per heavy atom. The van der Waals surface area contributed by atoms with Gasteiger partial charge in [-0.05, 0) is 24.6 Å². The highest BCUT2D eigenvalue weighted by Gasteiger charge is 2.09. The minimum atomic E-state index is 0.588. The molecular weight excluding hydrogens is 226 g/mol. The van der Waals surface area contributed by atoms with Crippen molar-refractivity contribution in [1.82, 2.24) is 9.97 Å². The number of aromatic nitrogens is 2. The molecule has 0 saturated heterocycles. The van der Waals surface area contributed by atoms with Gasteiger partial charge < -0.3 is 9.73 Å². The van der Waals surface area contributed by atoms with Crippen LogP contribution in [0, 0.1) is 6.92 Å². The van der Waals surface area contributed by atoms with E-state index in [1.807, 2.05) is 37.3 Å². The molecule has 0 radical (unpaired) electrons. The van der Waals surface area contributed by atoms with Crippen LogP contribution >= 0.6 is 0 Å². The highest BCUT2D eigenvalue weighted by atomic mass is 16.3. The van der Waals surface area contributed by atoms with Crippen LogP contribution < -0.4 is 5.32 Å². The van der Waals surface area contributed by atoms with Gasteiger partial charge in [-0.3, -0.25) is 0 Å². The first-order valence-corrected chi connectivity index (χ1v) is 5.78. The lowest BCUT2D eigenvalue weighted by Gasteiger charge is -1.99. The Hall–Kier alpha value is -2.36. The molecule has 0 bridgehead atoms. The van der Waals surface area contributed by atoms with Crippen molar-refractivity contribution in [3.63, 3.8) is 0 Å². The number of hydrogen-bond donors (Lipinski definition) is 1. The minimum Gasteiger partial charge on any atom is -0.454 e. The Bertz CT molecular complexity index is 703. The summed E-state index contributed by atoms with van der Waals surface area (Å²) in [6, 6.07) is 9.94. The summed E-state index contributed by atoms with van der Waals surface area (Å²) < 4.78 is 5.87. The molecule has 2 heterocycles. The number of aryl methyl sites for hydroxylation is 1. The van der Waals surface area contributed by atoms with Crippen LogP contribution in [-0.4, -0.2) is 17.0 Å². The first-order valence-electron chi connectivity index (χ1n) is 5.78. The standard InChI is InChI=1S/C14H13N3O/c1-9-4-3-5-10-8-12(18-13(9)10)11-6-7-16-14(15-2)17-11/h3-8H,1-2H3,(H,15,16,17). The highest BCUT2D eigenvalue weighted by molar-refractivity contribution is 5.84. The van der Waals surface area contributed by atoms with Crippen LogP contribution in [0.2, 0.25) is 0 Å². The van der Waals surface area contributed by atoms with Gasteiger partial charge in [0.1, 0.15) is 11.3 Å². The fourth-order valence-corrected chi connectivity index (χ4v) is 1.95. The summed E-state index contributed by atoms with van der Waals surface area (Å²) in [7, 11) is 1.79. The van der Waals surface area contributed by atoms with E-state index in [-0.39, 0.29) is 0 Å². The number of para-hydroxylation sites is 1. The van der Waals surface area contributed by atoms with Gasteiger partial charge in [-0.2, -0.15) is 0 Å². The van der Waals surface area contributed by atoms with Gasteiger partial charge in [0, 0.05) is 18.6 Å². The average Bonchev–Trinajstić information content (AvgIpc) is 2.84. The number of hydrogen-bond acceptors (Lipinski definition) is 4. The predicted molar refractivity (Wildman–Crippen MR) is 71.5 cm³/mol. The molecule has 3 rings (SSSR count). The monoisotopic (exact) mass is 239 g/mol. The molecule has 18 heavy (non-hydrogen) atoms. The van der Waals surface area contributed by atoms with E-state index in [1.165, 1.54) is 0 Å². The molecular formula is C14H13N3O. The summed E-state index contributed by atoms with van der Waals surface area (Å²) in [5.74, 6) is 1.35. The van der Waals surface area contributed by atoms with Crippen LogP contribution in [-0.2, 0) is 0 Å². The topological polar surface area (TPSA) is 51.0 Å². The maximum absolute atomic E-state index is 5.87. The molecule has 0 unspecified atom stereocenters. The predicted octanol–water partition coefficient (Wildman–Crippen LogP) is 3.24. The molecule has 1 N–H and O–H groups in total. The first-order chi connectivity index (χ1) is 8.78. The molecule has 1 aromatic carbocycles. The molecule has 4 nitrogen and oxygen atoms in total. The maximum Gasteiger partial charge on any atom is 0.223 e. The van der Waals surface area contributed by atoms with Gasteiger partial charge in [-0.15, -0.1) is 0 Å². The van der Waals surface area contributed by atoms with E-state index < -0.39 is 0 Å². The van der Waals surface area contributed by atoms with Crippen molar-refractivity contribution in [3.05, 3.63) is 42.1 Å². The van der Waals surface area contributed by atoms with E-state index in [1.54, 1.807) is 13.2 Å². The summed E-state index contributed by atoms with van der Waals surface area (Å²) in [6.45, 7) is 2.04. The Morgan fingerprint density at radius 3 is 2.89 bits per heavy atom. The van der Waals surface area contributed by atoms with E-state index >= 15 is 0 Å². The molecule has 90 valence electrons. The van der Waals surface area contributed by atoms with E-state index in [4.69, 9.17) is 4.42 Å². The molecule has 0 atom stereocenters. The summed E-state index contributed by atoms with van der Waals surface area (Å²) in [6.07, 6.45) is 1.72. The SMILES string of the molecule is CNc1nccc(-c2cc3cccc(C)c3o2)n1. The zero-order valence-electron chi connectivity index (χ0n) is 10.3. The van der Waals surface area contributed by atoms with Gasteiger partial charge in [-0.25, -0.2) is 9.97 Å². The molecule has 0 aliphatic heterocycles. The quantitative estimate of drug-likeness (QED) is 0.745. The molecule has 3 aromatic rings. The molecule has 0 spiro atoms. The zero-order chi connectivity index (χ0) is 12.5. The Kier molecular flexibility index (Phi) is 2.48. The van der Waals surface area contributed by atoms with Crippen molar-refractivity contribution in [3.8, 4) is 11.5 Å². The lowest BCUT2D eigenvalue weighted by atomic mass is 10.2. The summed E-state index contributed by atoms with van der Waals surface area (Å²) in [5.41, 5.74) is 2.82. The highest BCUT2D eigenvalue weighted by Crippen LogP contribution is 2.28.